The molecule has 2 heterocycles. The van der Waals surface area contributed by atoms with Crippen molar-refractivity contribution in [2.45, 2.75) is 13.5 Å². The number of ether oxygens (including phenoxy) is 1. The van der Waals surface area contributed by atoms with Crippen molar-refractivity contribution in [3.63, 3.8) is 0 Å². The molecule has 2 aromatic carbocycles. The Balaban J connectivity index is 1.36. The summed E-state index contributed by atoms with van der Waals surface area (Å²) in [7, 11) is 1.52. The summed E-state index contributed by atoms with van der Waals surface area (Å²) in [6.45, 7) is 2.23. The van der Waals surface area contributed by atoms with Crippen LogP contribution in [0.15, 0.2) is 65.4 Å². The third-order valence-corrected chi connectivity index (χ3v) is 4.96. The first-order chi connectivity index (χ1) is 16.9. The molecule has 0 aliphatic heterocycles. The zero-order valence-corrected chi connectivity index (χ0v) is 18.8. The summed E-state index contributed by atoms with van der Waals surface area (Å²) in [5.74, 6) is -0.885. The number of carbonyl (C=O) groups is 2. The maximum Gasteiger partial charge on any atom is 0.326 e. The van der Waals surface area contributed by atoms with Gasteiger partial charge in [-0.3, -0.25) is 14.6 Å². The Morgan fingerprint density at radius 1 is 1.20 bits per heavy atom. The Hall–Kier alpha value is -5.11. The molecule has 0 spiro atoms. The van der Waals surface area contributed by atoms with Gasteiger partial charge in [0.15, 0.2) is 5.27 Å². The Labute approximate surface area is 200 Å². The number of benzene rings is 2. The van der Waals surface area contributed by atoms with Crippen molar-refractivity contribution in [3.05, 3.63) is 83.5 Å². The van der Waals surface area contributed by atoms with Crippen LogP contribution in [-0.4, -0.2) is 34.3 Å². The van der Waals surface area contributed by atoms with Gasteiger partial charge in [-0.15, -0.1) is 0 Å². The maximum absolute atomic E-state index is 12.3. The second-order valence-electron chi connectivity index (χ2n) is 7.42. The number of amides is 3. The van der Waals surface area contributed by atoms with Gasteiger partial charge in [0.25, 0.3) is 12.0 Å². The number of nitriles is 1. The van der Waals surface area contributed by atoms with E-state index in [1.807, 2.05) is 37.3 Å². The van der Waals surface area contributed by atoms with Crippen molar-refractivity contribution in [1.29, 1.82) is 5.26 Å². The predicted octanol–water partition coefficient (Wildman–Crippen LogP) is 2.62. The van der Waals surface area contributed by atoms with E-state index in [9.17, 15) is 9.59 Å². The minimum absolute atomic E-state index is 0.131. The van der Waals surface area contributed by atoms with Crippen molar-refractivity contribution < 1.29 is 23.5 Å². The van der Waals surface area contributed by atoms with Crippen molar-refractivity contribution in [3.8, 4) is 23.2 Å². The first-order valence-corrected chi connectivity index (χ1v) is 10.4. The fourth-order valence-electron chi connectivity index (χ4n) is 3.25. The van der Waals surface area contributed by atoms with Gasteiger partial charge in [0.05, 0.1) is 24.4 Å². The van der Waals surface area contributed by atoms with Gasteiger partial charge in [-0.05, 0) is 35.4 Å². The molecule has 0 saturated heterocycles. The van der Waals surface area contributed by atoms with Crippen molar-refractivity contribution >= 4 is 17.6 Å². The molecule has 11 heteroatoms. The SMILES string of the molecule is COc1ncc(-c2ccc(C[n+]3cc(C(=O)NC(=O)Nc4cccc(C#N)c4)on3)cc2)c(C)n1. The monoisotopic (exact) mass is 470 g/mol. The quantitative estimate of drug-likeness (QED) is 0.409. The summed E-state index contributed by atoms with van der Waals surface area (Å²) in [6.07, 6.45) is 3.11. The normalized spacial score (nSPS) is 10.3. The fraction of sp³-hybridized carbons (Fsp3) is 0.125. The second-order valence-corrected chi connectivity index (χ2v) is 7.42. The molecule has 0 radical (unpaired) electrons. The Morgan fingerprint density at radius 2 is 2.00 bits per heavy atom. The summed E-state index contributed by atoms with van der Waals surface area (Å²) < 4.78 is 11.6. The molecule has 3 amide bonds. The van der Waals surface area contributed by atoms with Crippen molar-refractivity contribution in [2.24, 2.45) is 0 Å². The number of urea groups is 1. The molecule has 0 atom stereocenters. The smallest absolute Gasteiger partial charge is 0.326 e. The summed E-state index contributed by atoms with van der Waals surface area (Å²) in [6, 6.07) is 15.5. The van der Waals surface area contributed by atoms with E-state index in [1.165, 1.54) is 24.1 Å². The number of methoxy groups -OCH3 is 1. The van der Waals surface area contributed by atoms with E-state index in [1.54, 1.807) is 24.4 Å². The largest absolute Gasteiger partial charge is 0.467 e. The molecule has 0 fully saturated rings. The number of aromatic nitrogens is 4. The zero-order chi connectivity index (χ0) is 24.8. The molecule has 0 aliphatic carbocycles. The molecule has 0 unspecified atom stereocenters. The Morgan fingerprint density at radius 3 is 2.71 bits per heavy atom. The average Bonchev–Trinajstić information content (AvgIpc) is 3.33. The van der Waals surface area contributed by atoms with Crippen molar-refractivity contribution in [2.75, 3.05) is 12.4 Å². The topological polar surface area (TPSA) is 147 Å². The highest BCUT2D eigenvalue weighted by atomic mass is 16.5. The molecule has 0 bridgehead atoms. The first kappa shape index (κ1) is 23.1. The van der Waals surface area contributed by atoms with E-state index in [2.05, 4.69) is 25.9 Å². The minimum Gasteiger partial charge on any atom is -0.467 e. The van der Waals surface area contributed by atoms with Crippen LogP contribution in [0.2, 0.25) is 0 Å². The molecule has 2 N–H and O–H groups in total. The number of nitrogens with one attached hydrogen (secondary N) is 2. The molecule has 4 aromatic rings. The third-order valence-electron chi connectivity index (χ3n) is 4.96. The summed E-state index contributed by atoms with van der Waals surface area (Å²) in [4.78, 5) is 32.9. The average molecular weight is 470 g/mol. The fourth-order valence-corrected chi connectivity index (χ4v) is 3.25. The summed E-state index contributed by atoms with van der Waals surface area (Å²) in [5, 5.41) is 17.4. The van der Waals surface area contributed by atoms with Gasteiger partial charge < -0.3 is 10.1 Å². The number of anilines is 1. The second kappa shape index (κ2) is 10.2. The van der Waals surface area contributed by atoms with Crippen LogP contribution < -0.4 is 20.1 Å². The molecule has 0 saturated carbocycles. The first-order valence-electron chi connectivity index (χ1n) is 10.4. The molecular formula is C24H20N7O4+. The highest BCUT2D eigenvalue weighted by Gasteiger charge is 2.21. The maximum atomic E-state index is 12.3. The van der Waals surface area contributed by atoms with Crippen LogP contribution in [0, 0.1) is 18.3 Å². The van der Waals surface area contributed by atoms with E-state index < -0.39 is 11.9 Å². The number of imide groups is 1. The van der Waals surface area contributed by atoms with E-state index in [0.717, 1.165) is 22.4 Å². The van der Waals surface area contributed by atoms with E-state index in [-0.39, 0.29) is 5.76 Å². The van der Waals surface area contributed by atoms with Gasteiger partial charge in [-0.25, -0.2) is 9.78 Å². The number of rotatable bonds is 6. The number of aryl methyl sites for hydroxylation is 1. The van der Waals surface area contributed by atoms with Gasteiger partial charge in [0.2, 0.25) is 6.54 Å². The lowest BCUT2D eigenvalue weighted by atomic mass is 10.0. The third kappa shape index (κ3) is 5.63. The van der Waals surface area contributed by atoms with Gasteiger partial charge in [-0.2, -0.15) is 10.2 Å². The zero-order valence-electron chi connectivity index (χ0n) is 18.8. The van der Waals surface area contributed by atoms with Gasteiger partial charge in [-0.1, -0.05) is 30.3 Å². The molecule has 174 valence electrons. The number of hydrogen-bond acceptors (Lipinski definition) is 8. The molecule has 11 nitrogen and oxygen atoms in total. The van der Waals surface area contributed by atoms with Crippen LogP contribution in [0.25, 0.3) is 11.1 Å². The molecule has 35 heavy (non-hydrogen) atoms. The van der Waals surface area contributed by atoms with Crippen LogP contribution in [0.1, 0.15) is 27.4 Å². The minimum atomic E-state index is -0.763. The Kier molecular flexibility index (Phi) is 6.73. The highest BCUT2D eigenvalue weighted by molar-refractivity contribution is 6.06. The van der Waals surface area contributed by atoms with E-state index >= 15 is 0 Å². The standard InChI is InChI=1S/C24H19N7O4/c1-15-20(12-26-24(27-15)34-2)18-8-6-16(7-9-18)13-31-14-21(35-30-31)22(32)29-23(33)28-19-5-3-4-17(10-19)11-25/h3-10,12,14H,13H2,1-2H3,(H-,28,29,32,33)/p+1. The summed E-state index contributed by atoms with van der Waals surface area (Å²) >= 11 is 0. The van der Waals surface area contributed by atoms with Gasteiger partial charge >= 0.3 is 17.9 Å². The van der Waals surface area contributed by atoms with Gasteiger partial charge in [0.1, 0.15) is 0 Å². The van der Waals surface area contributed by atoms with Crippen LogP contribution in [0.4, 0.5) is 10.5 Å². The lowest BCUT2D eigenvalue weighted by Gasteiger charge is -2.06. The van der Waals surface area contributed by atoms with Crippen LogP contribution in [-0.2, 0) is 6.54 Å². The number of carbonyl (C=O) groups excluding carboxylic acids is 2. The summed E-state index contributed by atoms with van der Waals surface area (Å²) in [5.41, 5.74) is 4.32. The molecular weight excluding hydrogens is 450 g/mol. The number of hydrogen-bond donors (Lipinski definition) is 2. The van der Waals surface area contributed by atoms with E-state index in [0.29, 0.717) is 23.8 Å². The van der Waals surface area contributed by atoms with Gasteiger partial charge in [0, 0.05) is 23.0 Å². The number of nitrogens with zero attached hydrogens (tertiary/aromatic N) is 5. The highest BCUT2D eigenvalue weighted by Crippen LogP contribution is 2.23. The molecule has 4 rings (SSSR count). The van der Waals surface area contributed by atoms with Crippen molar-refractivity contribution in [1.82, 2.24) is 20.6 Å². The predicted molar refractivity (Wildman–Crippen MR) is 122 cm³/mol. The van der Waals surface area contributed by atoms with Crippen LogP contribution in [0.5, 0.6) is 6.01 Å². The molecule has 0 aliphatic rings. The molecule has 2 aromatic heterocycles. The lowest BCUT2D eigenvalue weighted by molar-refractivity contribution is -0.754. The Bertz CT molecular complexity index is 1420. The van der Waals surface area contributed by atoms with E-state index in [4.69, 9.17) is 14.5 Å². The lowest BCUT2D eigenvalue weighted by Crippen LogP contribution is -2.36. The van der Waals surface area contributed by atoms with Crippen LogP contribution >= 0.6 is 0 Å². The van der Waals surface area contributed by atoms with Crippen LogP contribution in [0.3, 0.4) is 0 Å².